The monoisotopic (exact) mass is 328 g/mol. The molecule has 126 valence electrons. The molecule has 0 heterocycles. The zero-order valence-corrected chi connectivity index (χ0v) is 12.5. The molecule has 2 rings (SSSR count). The Balaban J connectivity index is 1.77. The molecule has 2 atom stereocenters. The second-order valence-corrected chi connectivity index (χ2v) is 5.72. The van der Waals surface area contributed by atoms with Crippen molar-refractivity contribution in [3.8, 4) is 0 Å². The first kappa shape index (κ1) is 17.3. The first-order chi connectivity index (χ1) is 10.9. The van der Waals surface area contributed by atoms with Crippen LogP contribution >= 0.6 is 0 Å². The molecule has 0 aliphatic heterocycles. The van der Waals surface area contributed by atoms with Gasteiger partial charge in [-0.2, -0.15) is 13.2 Å². The first-order valence-electron chi connectivity index (χ1n) is 7.55. The molecule has 4 nitrogen and oxygen atoms in total. The van der Waals surface area contributed by atoms with Crippen molar-refractivity contribution in [3.05, 3.63) is 35.9 Å². The Bertz CT molecular complexity index is 546. The Hall–Kier alpha value is -2.05. The number of hydrogen-bond acceptors (Lipinski definition) is 2. The van der Waals surface area contributed by atoms with Gasteiger partial charge in [-0.25, -0.2) is 0 Å². The zero-order valence-electron chi connectivity index (χ0n) is 12.5. The van der Waals surface area contributed by atoms with Crippen molar-refractivity contribution < 1.29 is 22.8 Å². The summed E-state index contributed by atoms with van der Waals surface area (Å²) in [6.07, 6.45) is -3.23. The van der Waals surface area contributed by atoms with Gasteiger partial charge in [0.25, 0.3) is 5.91 Å². The van der Waals surface area contributed by atoms with E-state index in [2.05, 4.69) is 10.6 Å². The maximum atomic E-state index is 12.7. The second kappa shape index (κ2) is 7.48. The van der Waals surface area contributed by atoms with Crippen molar-refractivity contribution >= 4 is 11.8 Å². The summed E-state index contributed by atoms with van der Waals surface area (Å²) >= 11 is 0. The molecule has 0 aromatic heterocycles. The number of carbonyl (C=O) groups excluding carboxylic acids is 2. The molecule has 23 heavy (non-hydrogen) atoms. The molecule has 1 aromatic rings. The van der Waals surface area contributed by atoms with Crippen LogP contribution in [0, 0.1) is 5.92 Å². The molecule has 0 bridgehead atoms. The SMILES string of the molecule is O=C(CNC(=O)c1ccccc1)N[C@@H]1CCC[C@@H](C(F)(F)F)C1. The molecule has 0 radical (unpaired) electrons. The lowest BCUT2D eigenvalue weighted by atomic mass is 9.85. The Morgan fingerprint density at radius 1 is 1.13 bits per heavy atom. The molecule has 1 aliphatic rings. The van der Waals surface area contributed by atoms with Crippen LogP contribution in [0.4, 0.5) is 13.2 Å². The summed E-state index contributed by atoms with van der Waals surface area (Å²) in [7, 11) is 0. The van der Waals surface area contributed by atoms with Crippen molar-refractivity contribution in [2.75, 3.05) is 6.54 Å². The third kappa shape index (κ3) is 5.26. The minimum atomic E-state index is -4.22. The lowest BCUT2D eigenvalue weighted by Crippen LogP contribution is -2.45. The van der Waals surface area contributed by atoms with Crippen LogP contribution in [0.15, 0.2) is 30.3 Å². The average molecular weight is 328 g/mol. The van der Waals surface area contributed by atoms with E-state index >= 15 is 0 Å². The molecular weight excluding hydrogens is 309 g/mol. The fourth-order valence-electron chi connectivity index (χ4n) is 2.75. The summed E-state index contributed by atoms with van der Waals surface area (Å²) in [5.41, 5.74) is 0.426. The molecule has 2 amide bonds. The Morgan fingerprint density at radius 3 is 2.48 bits per heavy atom. The van der Waals surface area contributed by atoms with Crippen LogP contribution in [0.3, 0.4) is 0 Å². The van der Waals surface area contributed by atoms with Crippen LogP contribution in [-0.2, 0) is 4.79 Å². The Morgan fingerprint density at radius 2 is 1.83 bits per heavy atom. The summed E-state index contributed by atoms with van der Waals surface area (Å²) < 4.78 is 38.2. The van der Waals surface area contributed by atoms with Gasteiger partial charge in [-0.1, -0.05) is 24.6 Å². The molecular formula is C16H19F3N2O2. The normalized spacial score (nSPS) is 21.5. The Labute approximate surface area is 132 Å². The zero-order chi connectivity index (χ0) is 16.9. The highest BCUT2D eigenvalue weighted by Gasteiger charge is 2.42. The maximum Gasteiger partial charge on any atom is 0.391 e. The van der Waals surface area contributed by atoms with Gasteiger partial charge in [0.15, 0.2) is 0 Å². The van der Waals surface area contributed by atoms with E-state index in [9.17, 15) is 22.8 Å². The highest BCUT2D eigenvalue weighted by atomic mass is 19.4. The predicted molar refractivity (Wildman–Crippen MR) is 78.7 cm³/mol. The van der Waals surface area contributed by atoms with E-state index in [1.54, 1.807) is 30.3 Å². The van der Waals surface area contributed by atoms with Gasteiger partial charge in [0.1, 0.15) is 0 Å². The molecule has 0 unspecified atom stereocenters. The summed E-state index contributed by atoms with van der Waals surface area (Å²) in [5.74, 6) is -2.22. The van der Waals surface area contributed by atoms with Crippen molar-refractivity contribution in [2.45, 2.75) is 37.9 Å². The summed E-state index contributed by atoms with van der Waals surface area (Å²) in [5, 5.41) is 5.03. The highest BCUT2D eigenvalue weighted by molar-refractivity contribution is 5.96. The van der Waals surface area contributed by atoms with E-state index in [0.717, 1.165) is 0 Å². The topological polar surface area (TPSA) is 58.2 Å². The van der Waals surface area contributed by atoms with E-state index in [-0.39, 0.29) is 19.4 Å². The molecule has 1 aromatic carbocycles. The number of hydrogen-bond donors (Lipinski definition) is 2. The third-order valence-electron chi connectivity index (χ3n) is 3.95. The standard InChI is InChI=1S/C16H19F3N2O2/c17-16(18,19)12-7-4-8-13(9-12)21-14(22)10-20-15(23)11-5-2-1-3-6-11/h1-3,5-6,12-13H,4,7-10H2,(H,20,23)(H,21,22)/t12-,13-/m1/s1. The fraction of sp³-hybridized carbons (Fsp3) is 0.500. The average Bonchev–Trinajstić information content (AvgIpc) is 2.53. The van der Waals surface area contributed by atoms with Crippen LogP contribution in [0.5, 0.6) is 0 Å². The molecule has 2 N–H and O–H groups in total. The van der Waals surface area contributed by atoms with Crippen LogP contribution in [-0.4, -0.2) is 30.6 Å². The molecule has 1 aliphatic carbocycles. The number of nitrogens with one attached hydrogen (secondary N) is 2. The van der Waals surface area contributed by atoms with Gasteiger partial charge in [-0.05, 0) is 31.4 Å². The fourth-order valence-corrected chi connectivity index (χ4v) is 2.75. The van der Waals surface area contributed by atoms with Crippen LogP contribution in [0.1, 0.15) is 36.0 Å². The number of alkyl halides is 3. The van der Waals surface area contributed by atoms with Crippen molar-refractivity contribution in [3.63, 3.8) is 0 Å². The predicted octanol–water partition coefficient (Wildman–Crippen LogP) is 2.65. The highest BCUT2D eigenvalue weighted by Crippen LogP contribution is 2.37. The molecule has 1 saturated carbocycles. The second-order valence-electron chi connectivity index (χ2n) is 5.72. The number of rotatable bonds is 4. The van der Waals surface area contributed by atoms with E-state index in [1.165, 1.54) is 0 Å². The van der Waals surface area contributed by atoms with Crippen LogP contribution in [0.2, 0.25) is 0 Å². The third-order valence-corrected chi connectivity index (χ3v) is 3.95. The van der Waals surface area contributed by atoms with E-state index in [4.69, 9.17) is 0 Å². The number of halogens is 3. The van der Waals surface area contributed by atoms with Gasteiger partial charge in [0, 0.05) is 11.6 Å². The summed E-state index contributed by atoms with van der Waals surface area (Å²) in [4.78, 5) is 23.6. The Kier molecular flexibility index (Phi) is 5.63. The lowest BCUT2D eigenvalue weighted by molar-refractivity contribution is -0.184. The van der Waals surface area contributed by atoms with Crippen molar-refractivity contribution in [1.29, 1.82) is 0 Å². The molecule has 7 heteroatoms. The quantitative estimate of drug-likeness (QED) is 0.893. The van der Waals surface area contributed by atoms with E-state index < -0.39 is 30.0 Å². The van der Waals surface area contributed by atoms with Gasteiger partial charge < -0.3 is 10.6 Å². The largest absolute Gasteiger partial charge is 0.391 e. The van der Waals surface area contributed by atoms with E-state index in [1.807, 2.05) is 0 Å². The van der Waals surface area contributed by atoms with Gasteiger partial charge in [0.2, 0.25) is 5.91 Å². The van der Waals surface area contributed by atoms with Crippen LogP contribution in [0.25, 0.3) is 0 Å². The minimum absolute atomic E-state index is 0.0954. The maximum absolute atomic E-state index is 12.7. The molecule has 0 spiro atoms. The minimum Gasteiger partial charge on any atom is -0.352 e. The molecule has 1 fully saturated rings. The van der Waals surface area contributed by atoms with E-state index in [0.29, 0.717) is 18.4 Å². The number of amides is 2. The van der Waals surface area contributed by atoms with Gasteiger partial charge in [-0.3, -0.25) is 9.59 Å². The number of carbonyl (C=O) groups is 2. The summed E-state index contributed by atoms with van der Waals surface area (Å²) in [6, 6.07) is 7.91. The van der Waals surface area contributed by atoms with Crippen LogP contribution < -0.4 is 10.6 Å². The first-order valence-corrected chi connectivity index (χ1v) is 7.55. The van der Waals surface area contributed by atoms with Gasteiger partial charge in [0.05, 0.1) is 12.5 Å². The van der Waals surface area contributed by atoms with Gasteiger partial charge >= 0.3 is 6.18 Å². The van der Waals surface area contributed by atoms with Crippen molar-refractivity contribution in [2.24, 2.45) is 5.92 Å². The van der Waals surface area contributed by atoms with Gasteiger partial charge in [-0.15, -0.1) is 0 Å². The van der Waals surface area contributed by atoms with Crippen molar-refractivity contribution in [1.82, 2.24) is 10.6 Å². The molecule has 0 saturated heterocycles. The smallest absolute Gasteiger partial charge is 0.352 e. The lowest BCUT2D eigenvalue weighted by Gasteiger charge is -2.31. The summed E-state index contributed by atoms with van der Waals surface area (Å²) in [6.45, 7) is -0.249. The number of benzene rings is 1.